The highest BCUT2D eigenvalue weighted by Gasteiger charge is 2.61. The average molecular weight is 283 g/mol. The molecule has 0 bridgehead atoms. The van der Waals surface area contributed by atoms with Crippen molar-refractivity contribution in [1.82, 2.24) is 0 Å². The Kier molecular flexibility index (Phi) is 4.79. The molecule has 2 heteroatoms. The van der Waals surface area contributed by atoms with Gasteiger partial charge >= 0.3 is 0 Å². The van der Waals surface area contributed by atoms with E-state index >= 15 is 0 Å². The smallest absolute Gasteiger partial charge is 0.204 e. The van der Waals surface area contributed by atoms with E-state index in [-0.39, 0.29) is 10.1 Å². The molecule has 0 aromatic rings. The van der Waals surface area contributed by atoms with E-state index in [0.717, 1.165) is 6.42 Å². The predicted molar refractivity (Wildman–Crippen MR) is 88.0 cm³/mol. The summed E-state index contributed by atoms with van der Waals surface area (Å²) in [6.45, 7) is 22.9. The molecule has 112 valence electrons. The molecule has 0 aromatic heterocycles. The zero-order chi connectivity index (χ0) is 15.1. The summed E-state index contributed by atoms with van der Waals surface area (Å²) in [6, 6.07) is 1.30. The number of hydrogen-bond acceptors (Lipinski definition) is 1. The van der Waals surface area contributed by atoms with Crippen LogP contribution in [0.2, 0.25) is 16.1 Å². The lowest BCUT2D eigenvalue weighted by Crippen LogP contribution is -2.52. The van der Waals surface area contributed by atoms with Crippen molar-refractivity contribution in [3.8, 4) is 0 Å². The average Bonchev–Trinajstić information content (AvgIpc) is 2.57. The molecule has 1 aliphatic rings. The van der Waals surface area contributed by atoms with Crippen molar-refractivity contribution in [2.45, 2.75) is 84.0 Å². The van der Waals surface area contributed by atoms with Crippen LogP contribution in [0.15, 0.2) is 12.7 Å². The van der Waals surface area contributed by atoms with Crippen LogP contribution in [0.1, 0.15) is 61.8 Å². The molecule has 1 rings (SSSR count). The number of hydrogen-bond donors (Lipinski definition) is 0. The summed E-state index contributed by atoms with van der Waals surface area (Å²) in [5.41, 5.74) is 0. The lowest BCUT2D eigenvalue weighted by Gasteiger charge is -2.48. The zero-order valence-corrected chi connectivity index (χ0v) is 15.3. The Morgan fingerprint density at radius 1 is 1.16 bits per heavy atom. The summed E-state index contributed by atoms with van der Waals surface area (Å²) in [7, 11) is -1.81. The second kappa shape index (κ2) is 5.36. The van der Waals surface area contributed by atoms with Gasteiger partial charge in [-0.25, -0.2) is 0 Å². The van der Waals surface area contributed by atoms with E-state index in [4.69, 9.17) is 4.43 Å². The van der Waals surface area contributed by atoms with Gasteiger partial charge in [0.2, 0.25) is 8.32 Å². The molecular weight excluding hydrogens is 248 g/mol. The minimum Gasteiger partial charge on any atom is -0.412 e. The largest absolute Gasteiger partial charge is 0.412 e. The van der Waals surface area contributed by atoms with Gasteiger partial charge in [0.25, 0.3) is 0 Å². The van der Waals surface area contributed by atoms with Gasteiger partial charge in [0.1, 0.15) is 0 Å². The normalized spacial score (nSPS) is 27.8. The maximum absolute atomic E-state index is 6.86. The van der Waals surface area contributed by atoms with E-state index in [0.29, 0.717) is 17.9 Å². The fraction of sp³-hybridized carbons (Fsp3) is 0.882. The van der Waals surface area contributed by atoms with E-state index in [9.17, 15) is 0 Å². The Balaban J connectivity index is 3.20. The molecule has 1 fully saturated rings. The fourth-order valence-electron chi connectivity index (χ4n) is 4.00. The minimum atomic E-state index is -1.81. The standard InChI is InChI=1S/C17H34OSi/c1-10-11-15-14(13(2)3)12-19(18-15,16(4,5)6)17(7,8)9/h10,13-15H,1,11-12H2,2-9H3/t14-,15+/m1/s1. The van der Waals surface area contributed by atoms with Crippen LogP contribution in [0.4, 0.5) is 0 Å². The summed E-state index contributed by atoms with van der Waals surface area (Å²) in [5.74, 6) is 1.40. The van der Waals surface area contributed by atoms with Crippen LogP contribution in [-0.2, 0) is 4.43 Å². The lowest BCUT2D eigenvalue weighted by molar-refractivity contribution is 0.141. The highest BCUT2D eigenvalue weighted by molar-refractivity contribution is 6.80. The van der Waals surface area contributed by atoms with Crippen molar-refractivity contribution in [3.63, 3.8) is 0 Å². The third kappa shape index (κ3) is 3.00. The van der Waals surface area contributed by atoms with E-state index in [1.807, 2.05) is 6.08 Å². The summed E-state index contributed by atoms with van der Waals surface area (Å²) in [5, 5.41) is 0.572. The minimum absolute atomic E-state index is 0.286. The van der Waals surface area contributed by atoms with Gasteiger partial charge in [0, 0.05) is 0 Å². The van der Waals surface area contributed by atoms with E-state index < -0.39 is 8.32 Å². The highest BCUT2D eigenvalue weighted by Crippen LogP contribution is 2.60. The first kappa shape index (κ1) is 17.0. The van der Waals surface area contributed by atoms with Gasteiger partial charge in [-0.05, 0) is 34.4 Å². The third-order valence-corrected chi connectivity index (χ3v) is 11.6. The molecule has 0 N–H and O–H groups in total. The van der Waals surface area contributed by atoms with Gasteiger partial charge in [0.05, 0.1) is 6.10 Å². The molecule has 1 heterocycles. The van der Waals surface area contributed by atoms with Crippen LogP contribution < -0.4 is 0 Å². The zero-order valence-electron chi connectivity index (χ0n) is 14.3. The van der Waals surface area contributed by atoms with Gasteiger partial charge in [-0.3, -0.25) is 0 Å². The molecular formula is C17H34OSi. The van der Waals surface area contributed by atoms with E-state index in [1.165, 1.54) is 6.04 Å². The van der Waals surface area contributed by atoms with Gasteiger partial charge in [-0.15, -0.1) is 6.58 Å². The van der Waals surface area contributed by atoms with Crippen LogP contribution in [0.3, 0.4) is 0 Å². The Bertz CT molecular complexity index is 305. The van der Waals surface area contributed by atoms with Gasteiger partial charge in [0.15, 0.2) is 0 Å². The Labute approximate surface area is 122 Å². The molecule has 0 saturated carbocycles. The summed E-state index contributed by atoms with van der Waals surface area (Å²) in [4.78, 5) is 0. The molecule has 19 heavy (non-hydrogen) atoms. The van der Waals surface area contributed by atoms with Crippen LogP contribution >= 0.6 is 0 Å². The summed E-state index contributed by atoms with van der Waals surface area (Å²) in [6.07, 6.45) is 3.43. The fourth-order valence-corrected chi connectivity index (χ4v) is 10.5. The first-order valence-corrected chi connectivity index (χ1v) is 9.86. The van der Waals surface area contributed by atoms with Gasteiger partial charge in [-0.1, -0.05) is 61.5 Å². The molecule has 0 aliphatic carbocycles. The second-order valence-electron chi connectivity index (χ2n) is 8.62. The van der Waals surface area contributed by atoms with Gasteiger partial charge < -0.3 is 4.43 Å². The highest BCUT2D eigenvalue weighted by atomic mass is 28.4. The van der Waals surface area contributed by atoms with E-state index in [1.54, 1.807) is 0 Å². The third-order valence-electron chi connectivity index (χ3n) is 5.03. The maximum Gasteiger partial charge on any atom is 0.204 e. The SMILES string of the molecule is C=CC[C@@H]1O[Si](C(C)(C)C)(C(C)(C)C)C[C@@H]1C(C)C. The molecule has 1 saturated heterocycles. The maximum atomic E-state index is 6.86. The van der Waals surface area contributed by atoms with Crippen LogP contribution in [0.5, 0.6) is 0 Å². The van der Waals surface area contributed by atoms with Gasteiger partial charge in [-0.2, -0.15) is 0 Å². The molecule has 1 nitrogen and oxygen atoms in total. The summed E-state index contributed by atoms with van der Waals surface area (Å²) < 4.78 is 6.86. The molecule has 0 amide bonds. The number of rotatable bonds is 3. The Hall–Kier alpha value is -0.0831. The summed E-state index contributed by atoms with van der Waals surface area (Å²) >= 11 is 0. The molecule has 0 unspecified atom stereocenters. The molecule has 1 aliphatic heterocycles. The first-order chi connectivity index (χ1) is 8.46. The predicted octanol–water partition coefficient (Wildman–Crippen LogP) is 5.78. The van der Waals surface area contributed by atoms with Crippen molar-refractivity contribution < 1.29 is 4.43 Å². The monoisotopic (exact) mass is 282 g/mol. The molecule has 2 atom stereocenters. The van der Waals surface area contributed by atoms with Crippen molar-refractivity contribution >= 4 is 8.32 Å². The van der Waals surface area contributed by atoms with Crippen LogP contribution in [0, 0.1) is 11.8 Å². The Morgan fingerprint density at radius 2 is 1.63 bits per heavy atom. The quantitative estimate of drug-likeness (QED) is 0.471. The van der Waals surface area contributed by atoms with Crippen LogP contribution in [0.25, 0.3) is 0 Å². The van der Waals surface area contributed by atoms with Crippen LogP contribution in [-0.4, -0.2) is 14.4 Å². The lowest BCUT2D eigenvalue weighted by atomic mass is 9.90. The van der Waals surface area contributed by atoms with Crippen molar-refractivity contribution in [2.24, 2.45) is 11.8 Å². The second-order valence-corrected chi connectivity index (χ2v) is 13.9. The van der Waals surface area contributed by atoms with Crippen molar-refractivity contribution in [1.29, 1.82) is 0 Å². The van der Waals surface area contributed by atoms with Crippen molar-refractivity contribution in [2.75, 3.05) is 0 Å². The van der Waals surface area contributed by atoms with E-state index in [2.05, 4.69) is 62.0 Å². The molecule has 0 aromatic carbocycles. The van der Waals surface area contributed by atoms with Crippen molar-refractivity contribution in [3.05, 3.63) is 12.7 Å². The molecule has 0 radical (unpaired) electrons. The topological polar surface area (TPSA) is 9.23 Å². The first-order valence-electron chi connectivity index (χ1n) is 7.75. The Morgan fingerprint density at radius 3 is 1.95 bits per heavy atom. The molecule has 0 spiro atoms.